The summed E-state index contributed by atoms with van der Waals surface area (Å²) in [6.45, 7) is 1.19. The molecule has 0 unspecified atom stereocenters. The Kier molecular flexibility index (Phi) is 8.40. The number of carbonyl (C=O) groups excluding carboxylic acids is 2. The van der Waals surface area contributed by atoms with Crippen molar-refractivity contribution in [1.29, 1.82) is 0 Å². The summed E-state index contributed by atoms with van der Waals surface area (Å²) in [4.78, 5) is 26.2. The van der Waals surface area contributed by atoms with Crippen LogP contribution in [0.15, 0.2) is 42.5 Å². The summed E-state index contributed by atoms with van der Waals surface area (Å²) in [6, 6.07) is 13.0. The molecule has 2 amide bonds. The van der Waals surface area contributed by atoms with Gasteiger partial charge >= 0.3 is 0 Å². The van der Waals surface area contributed by atoms with Crippen LogP contribution < -0.4 is 21.3 Å². The zero-order chi connectivity index (χ0) is 17.8. The molecule has 0 bridgehead atoms. The quantitative estimate of drug-likeness (QED) is 0.676. The maximum atomic E-state index is 12.4. The topological polar surface area (TPSA) is 87.5 Å². The van der Waals surface area contributed by atoms with E-state index in [1.165, 1.54) is 0 Å². The van der Waals surface area contributed by atoms with E-state index in [4.69, 9.17) is 5.73 Å². The Labute approximate surface area is 171 Å². The first kappa shape index (κ1) is 22.6. The zero-order valence-corrected chi connectivity index (χ0v) is 16.7. The Morgan fingerprint density at radius 3 is 2.59 bits per heavy atom. The van der Waals surface area contributed by atoms with Gasteiger partial charge in [0.25, 0.3) is 5.91 Å². The smallest absolute Gasteiger partial charge is 0.251 e. The van der Waals surface area contributed by atoms with Crippen LogP contribution in [-0.4, -0.2) is 32.0 Å². The highest BCUT2D eigenvalue weighted by Gasteiger charge is 2.18. The number of benzene rings is 2. The van der Waals surface area contributed by atoms with Gasteiger partial charge in [-0.1, -0.05) is 12.1 Å². The number of nitrogens with two attached hydrogens (primary N) is 1. The van der Waals surface area contributed by atoms with Gasteiger partial charge in [-0.25, -0.2) is 0 Å². The molecule has 0 atom stereocenters. The first-order valence-corrected chi connectivity index (χ1v) is 8.30. The van der Waals surface area contributed by atoms with Crippen molar-refractivity contribution in [3.05, 3.63) is 53.6 Å². The van der Waals surface area contributed by atoms with Crippen molar-refractivity contribution in [2.75, 3.05) is 36.1 Å². The Bertz CT molecular complexity index is 797. The second-order valence-corrected chi connectivity index (χ2v) is 6.20. The van der Waals surface area contributed by atoms with Crippen molar-refractivity contribution in [2.45, 2.75) is 12.8 Å². The van der Waals surface area contributed by atoms with E-state index in [-0.39, 0.29) is 36.6 Å². The molecule has 1 aliphatic rings. The number of nitrogens with zero attached hydrogens (tertiary/aromatic N) is 1. The van der Waals surface area contributed by atoms with Crippen molar-refractivity contribution in [3.8, 4) is 0 Å². The third-order valence-electron chi connectivity index (χ3n) is 4.30. The molecular weight excluding hydrogens is 387 g/mol. The van der Waals surface area contributed by atoms with Crippen LogP contribution in [-0.2, 0) is 11.2 Å². The molecule has 0 saturated heterocycles. The van der Waals surface area contributed by atoms with Gasteiger partial charge < -0.3 is 21.3 Å². The molecule has 0 radical (unpaired) electrons. The highest BCUT2D eigenvalue weighted by molar-refractivity contribution is 6.00. The third kappa shape index (κ3) is 5.77. The third-order valence-corrected chi connectivity index (χ3v) is 4.30. The number of halogens is 2. The number of fused-ring (bicyclic) bond motifs is 1. The molecule has 0 fully saturated rings. The standard InChI is InChI=1S/C19H22N4O2.2ClH/c1-23-11-9-18(24)22-16-12-14(4-7-17(16)23)19(25)21-10-8-13-2-5-15(20)6-3-13;;/h2-7,12H,8-11,20H2,1H3,(H,21,25)(H,22,24);2*1H. The van der Waals surface area contributed by atoms with Gasteiger partial charge in [0.2, 0.25) is 5.91 Å². The first-order valence-electron chi connectivity index (χ1n) is 8.30. The van der Waals surface area contributed by atoms with Gasteiger partial charge in [0.15, 0.2) is 0 Å². The minimum Gasteiger partial charge on any atom is -0.399 e. The van der Waals surface area contributed by atoms with E-state index >= 15 is 0 Å². The Balaban J connectivity index is 0.00000182. The molecule has 3 rings (SSSR count). The maximum Gasteiger partial charge on any atom is 0.251 e. The highest BCUT2D eigenvalue weighted by Crippen LogP contribution is 2.28. The van der Waals surface area contributed by atoms with E-state index in [2.05, 4.69) is 10.6 Å². The monoisotopic (exact) mass is 410 g/mol. The summed E-state index contributed by atoms with van der Waals surface area (Å²) in [6.07, 6.45) is 1.17. The van der Waals surface area contributed by atoms with E-state index in [0.717, 1.165) is 23.4 Å². The summed E-state index contributed by atoms with van der Waals surface area (Å²) >= 11 is 0. The van der Waals surface area contributed by atoms with Crippen molar-refractivity contribution in [2.24, 2.45) is 0 Å². The van der Waals surface area contributed by atoms with Gasteiger partial charge in [0.05, 0.1) is 11.4 Å². The highest BCUT2D eigenvalue weighted by atomic mass is 35.5. The number of nitrogen functional groups attached to an aromatic ring is 1. The van der Waals surface area contributed by atoms with Gasteiger partial charge in [-0.3, -0.25) is 9.59 Å². The molecule has 0 saturated carbocycles. The van der Waals surface area contributed by atoms with E-state index in [9.17, 15) is 9.59 Å². The fourth-order valence-electron chi connectivity index (χ4n) is 2.82. The van der Waals surface area contributed by atoms with Gasteiger partial charge in [0, 0.05) is 37.8 Å². The van der Waals surface area contributed by atoms with Crippen LogP contribution in [0.4, 0.5) is 17.1 Å². The average Bonchev–Trinajstić information content (AvgIpc) is 2.74. The fraction of sp³-hybridized carbons (Fsp3) is 0.263. The Hall–Kier alpha value is -2.44. The summed E-state index contributed by atoms with van der Waals surface area (Å²) in [7, 11) is 1.94. The van der Waals surface area contributed by atoms with Crippen molar-refractivity contribution < 1.29 is 9.59 Å². The number of rotatable bonds is 4. The minimum absolute atomic E-state index is 0. The molecule has 1 heterocycles. The lowest BCUT2D eigenvalue weighted by Crippen LogP contribution is -2.26. The van der Waals surface area contributed by atoms with E-state index in [0.29, 0.717) is 30.8 Å². The largest absolute Gasteiger partial charge is 0.399 e. The number of hydrogen-bond acceptors (Lipinski definition) is 4. The second-order valence-electron chi connectivity index (χ2n) is 6.20. The van der Waals surface area contributed by atoms with Crippen LogP contribution in [0.3, 0.4) is 0 Å². The molecule has 8 heteroatoms. The fourth-order valence-corrected chi connectivity index (χ4v) is 2.82. The van der Waals surface area contributed by atoms with Gasteiger partial charge in [-0.05, 0) is 42.3 Å². The van der Waals surface area contributed by atoms with Crippen molar-refractivity contribution in [1.82, 2.24) is 5.32 Å². The van der Waals surface area contributed by atoms with Gasteiger partial charge in [-0.2, -0.15) is 0 Å². The lowest BCUT2D eigenvalue weighted by Gasteiger charge is -2.18. The Morgan fingerprint density at radius 2 is 1.89 bits per heavy atom. The van der Waals surface area contributed by atoms with Crippen molar-refractivity contribution >= 4 is 53.7 Å². The van der Waals surface area contributed by atoms with Crippen LogP contribution in [0.2, 0.25) is 0 Å². The number of carbonyl (C=O) groups is 2. The molecule has 2 aromatic rings. The normalized spacial score (nSPS) is 12.6. The summed E-state index contributed by atoms with van der Waals surface area (Å²) < 4.78 is 0. The number of amides is 2. The molecule has 27 heavy (non-hydrogen) atoms. The second kappa shape index (κ2) is 10.0. The van der Waals surface area contributed by atoms with E-state index in [1.54, 1.807) is 12.1 Å². The molecule has 0 aromatic heterocycles. The molecule has 6 nitrogen and oxygen atoms in total. The lowest BCUT2D eigenvalue weighted by molar-refractivity contribution is -0.115. The summed E-state index contributed by atoms with van der Waals surface area (Å²) in [5.41, 5.74) is 9.64. The molecule has 4 N–H and O–H groups in total. The summed E-state index contributed by atoms with van der Waals surface area (Å²) in [5, 5.41) is 5.77. The van der Waals surface area contributed by atoms with E-state index in [1.807, 2.05) is 42.3 Å². The Morgan fingerprint density at radius 1 is 1.19 bits per heavy atom. The number of anilines is 3. The predicted octanol–water partition coefficient (Wildman–Crippen LogP) is 2.86. The van der Waals surface area contributed by atoms with Crippen LogP contribution in [0.25, 0.3) is 0 Å². The van der Waals surface area contributed by atoms with Crippen LogP contribution >= 0.6 is 24.8 Å². The first-order chi connectivity index (χ1) is 12.0. The summed E-state index contributed by atoms with van der Waals surface area (Å²) in [5.74, 6) is -0.189. The number of hydrogen-bond donors (Lipinski definition) is 3. The zero-order valence-electron chi connectivity index (χ0n) is 15.0. The van der Waals surface area contributed by atoms with Crippen LogP contribution in [0.5, 0.6) is 0 Å². The lowest BCUT2D eigenvalue weighted by atomic mass is 10.1. The van der Waals surface area contributed by atoms with Crippen molar-refractivity contribution in [3.63, 3.8) is 0 Å². The molecule has 2 aromatic carbocycles. The molecule has 146 valence electrons. The van der Waals surface area contributed by atoms with Gasteiger partial charge in [0.1, 0.15) is 0 Å². The minimum atomic E-state index is -0.153. The SMILES string of the molecule is CN1CCC(=O)Nc2cc(C(=O)NCCc3ccc(N)cc3)ccc21.Cl.Cl. The van der Waals surface area contributed by atoms with E-state index < -0.39 is 0 Å². The molecular formula is C19H24Cl2N4O2. The molecule has 0 aliphatic carbocycles. The average molecular weight is 411 g/mol. The van der Waals surface area contributed by atoms with Gasteiger partial charge in [-0.15, -0.1) is 24.8 Å². The van der Waals surface area contributed by atoms with Crippen LogP contribution in [0.1, 0.15) is 22.3 Å². The molecule has 1 aliphatic heterocycles. The maximum absolute atomic E-state index is 12.4. The molecule has 0 spiro atoms. The predicted molar refractivity (Wildman–Crippen MR) is 114 cm³/mol. The number of nitrogens with one attached hydrogen (secondary N) is 2. The van der Waals surface area contributed by atoms with Crippen LogP contribution in [0, 0.1) is 0 Å².